The molecule has 10 nitrogen and oxygen atoms in total. The van der Waals surface area contributed by atoms with E-state index >= 15 is 0 Å². The molecule has 1 fully saturated rings. The number of carbonyl (C=O) groups is 3. The highest BCUT2D eigenvalue weighted by Gasteiger charge is 2.23. The van der Waals surface area contributed by atoms with E-state index in [1.807, 2.05) is 29.2 Å². The van der Waals surface area contributed by atoms with Crippen molar-refractivity contribution in [2.45, 2.75) is 6.10 Å². The van der Waals surface area contributed by atoms with Gasteiger partial charge in [-0.05, 0) is 160 Å². The minimum absolute atomic E-state index is 0.0430. The van der Waals surface area contributed by atoms with E-state index < -0.39 is 24.0 Å². The Kier molecular flexibility index (Phi) is 16.5. The molecule has 41 heavy (non-hydrogen) atoms. The molecule has 0 saturated carbocycles. The molecule has 1 saturated heterocycles. The van der Waals surface area contributed by atoms with Crippen molar-refractivity contribution in [2.24, 2.45) is 0 Å². The molecular formula is C25H23I6NO9. The van der Waals surface area contributed by atoms with Gasteiger partial charge in [-0.1, -0.05) is 0 Å². The number of esters is 3. The van der Waals surface area contributed by atoms with Gasteiger partial charge in [-0.15, -0.1) is 0 Å². The van der Waals surface area contributed by atoms with Gasteiger partial charge in [0, 0.05) is 20.2 Å². The van der Waals surface area contributed by atoms with E-state index in [1.165, 1.54) is 0 Å². The van der Waals surface area contributed by atoms with Gasteiger partial charge in [0.25, 0.3) is 0 Å². The Morgan fingerprint density at radius 2 is 1.12 bits per heavy atom. The molecule has 2 aromatic carbocycles. The van der Waals surface area contributed by atoms with Crippen LogP contribution < -0.4 is 9.47 Å². The summed E-state index contributed by atoms with van der Waals surface area (Å²) in [5, 5.41) is 0. The van der Waals surface area contributed by atoms with Crippen molar-refractivity contribution in [2.75, 3.05) is 59.3 Å². The van der Waals surface area contributed by atoms with Crippen LogP contribution in [0.15, 0.2) is 24.3 Å². The number of rotatable bonds is 13. The highest BCUT2D eigenvalue weighted by atomic mass is 127. The molecule has 0 spiro atoms. The maximum atomic E-state index is 12.6. The Bertz CT molecular complexity index is 1120. The van der Waals surface area contributed by atoms with Crippen molar-refractivity contribution < 1.29 is 42.8 Å². The van der Waals surface area contributed by atoms with E-state index in [0.717, 1.165) is 21.4 Å². The average Bonchev–Trinajstić information content (AvgIpc) is 2.89. The quantitative estimate of drug-likeness (QED) is 0.153. The SMILES string of the molecule is O=C(COc1c(I)cc(I)cc1I)OCC(COC(=O)COc1c(I)cc(I)cc1I)OC(=O)CN1CCOCC1. The molecule has 0 aliphatic carbocycles. The standard InChI is InChI=1S/C25H23I6NO9/c26-14-5-17(28)24(18(29)6-14)39-12-22(34)37-10-16(41-21(33)9-32-1-3-36-4-2-32)11-38-23(35)13-40-25-19(30)7-15(27)8-20(25)31/h5-8,16H,1-4,9-13H2. The Morgan fingerprint density at radius 3 is 1.54 bits per heavy atom. The lowest BCUT2D eigenvalue weighted by atomic mass is 10.3. The van der Waals surface area contributed by atoms with Crippen LogP contribution in [0.3, 0.4) is 0 Å². The lowest BCUT2D eigenvalue weighted by molar-refractivity contribution is -0.169. The number of hydrogen-bond donors (Lipinski definition) is 0. The van der Waals surface area contributed by atoms with Gasteiger partial charge in [0.2, 0.25) is 0 Å². The largest absolute Gasteiger partial charge is 0.480 e. The molecule has 0 bridgehead atoms. The molecule has 1 aliphatic heterocycles. The van der Waals surface area contributed by atoms with Crippen molar-refractivity contribution in [1.29, 1.82) is 0 Å². The fourth-order valence-corrected chi connectivity index (χ4v) is 11.1. The van der Waals surface area contributed by atoms with E-state index in [-0.39, 0.29) is 33.0 Å². The number of ether oxygens (including phenoxy) is 6. The predicted octanol–water partition coefficient (Wildman–Crippen LogP) is 5.10. The first-order valence-electron chi connectivity index (χ1n) is 11.9. The van der Waals surface area contributed by atoms with Crippen molar-refractivity contribution in [3.05, 3.63) is 45.7 Å². The van der Waals surface area contributed by atoms with Crippen molar-refractivity contribution in [1.82, 2.24) is 4.90 Å². The van der Waals surface area contributed by atoms with Crippen molar-refractivity contribution in [3.8, 4) is 11.5 Å². The van der Waals surface area contributed by atoms with Crippen LogP contribution in [-0.4, -0.2) is 88.2 Å². The molecular weight excluding hydrogens is 1220 g/mol. The second-order valence-electron chi connectivity index (χ2n) is 8.34. The number of halogens is 6. The summed E-state index contributed by atoms with van der Waals surface area (Å²) < 4.78 is 38.4. The number of morpholine rings is 1. The van der Waals surface area contributed by atoms with Gasteiger partial charge in [0.15, 0.2) is 19.3 Å². The van der Waals surface area contributed by atoms with E-state index in [4.69, 9.17) is 28.4 Å². The minimum Gasteiger partial charge on any atom is -0.480 e. The zero-order valence-electron chi connectivity index (χ0n) is 21.1. The number of hydrogen-bond acceptors (Lipinski definition) is 10. The van der Waals surface area contributed by atoms with E-state index in [1.54, 1.807) is 0 Å². The van der Waals surface area contributed by atoms with E-state index in [2.05, 4.69) is 136 Å². The molecule has 0 radical (unpaired) electrons. The molecule has 16 heteroatoms. The summed E-state index contributed by atoms with van der Waals surface area (Å²) in [4.78, 5) is 39.4. The highest BCUT2D eigenvalue weighted by Crippen LogP contribution is 2.30. The molecule has 224 valence electrons. The van der Waals surface area contributed by atoms with Crippen LogP contribution in [0.4, 0.5) is 0 Å². The molecule has 1 aliphatic rings. The smallest absolute Gasteiger partial charge is 0.344 e. The van der Waals surface area contributed by atoms with Gasteiger partial charge < -0.3 is 28.4 Å². The summed E-state index contributed by atoms with van der Waals surface area (Å²) in [5.74, 6) is -0.654. The predicted molar refractivity (Wildman–Crippen MR) is 199 cm³/mol. The second-order valence-corrected chi connectivity index (χ2v) is 15.5. The summed E-state index contributed by atoms with van der Waals surface area (Å²) in [6, 6.07) is 7.75. The summed E-state index contributed by atoms with van der Waals surface area (Å²) >= 11 is 13.0. The molecule has 0 atom stereocenters. The average molecular weight is 1240 g/mol. The van der Waals surface area contributed by atoms with Gasteiger partial charge in [0.05, 0.1) is 34.0 Å². The van der Waals surface area contributed by atoms with Gasteiger partial charge in [-0.25, -0.2) is 9.59 Å². The summed E-state index contributed by atoms with van der Waals surface area (Å²) in [6.07, 6.45) is -1.01. The number of carbonyl (C=O) groups excluding carboxylic acids is 3. The first-order valence-corrected chi connectivity index (χ1v) is 18.3. The van der Waals surface area contributed by atoms with Crippen LogP contribution in [0, 0.1) is 21.4 Å². The fourth-order valence-electron chi connectivity index (χ4n) is 3.33. The van der Waals surface area contributed by atoms with E-state index in [0.29, 0.717) is 37.8 Å². The lowest BCUT2D eigenvalue weighted by Gasteiger charge is -2.26. The Morgan fingerprint density at radius 1 is 0.707 bits per heavy atom. The van der Waals surface area contributed by atoms with Gasteiger partial charge in [-0.3, -0.25) is 9.69 Å². The van der Waals surface area contributed by atoms with Crippen LogP contribution in [0.1, 0.15) is 0 Å². The molecule has 0 amide bonds. The highest BCUT2D eigenvalue weighted by molar-refractivity contribution is 14.1. The summed E-state index contributed by atoms with van der Waals surface area (Å²) in [5.41, 5.74) is 0. The van der Waals surface area contributed by atoms with Gasteiger partial charge in [-0.2, -0.15) is 0 Å². The monoisotopic (exact) mass is 1240 g/mol. The molecule has 3 rings (SSSR count). The van der Waals surface area contributed by atoms with Crippen LogP contribution in [0.5, 0.6) is 11.5 Å². The molecule has 1 heterocycles. The first kappa shape index (κ1) is 36.2. The normalized spacial score (nSPS) is 13.5. The maximum Gasteiger partial charge on any atom is 0.344 e. The third kappa shape index (κ3) is 12.9. The Labute approximate surface area is 319 Å². The zero-order valence-corrected chi connectivity index (χ0v) is 34.1. The van der Waals surface area contributed by atoms with Gasteiger partial charge in [0.1, 0.15) is 24.7 Å². The Balaban J connectivity index is 1.54. The van der Waals surface area contributed by atoms with Gasteiger partial charge >= 0.3 is 17.9 Å². The third-order valence-corrected chi connectivity index (χ3v) is 9.66. The molecule has 2 aromatic rings. The van der Waals surface area contributed by atoms with Crippen LogP contribution >= 0.6 is 136 Å². The zero-order chi connectivity index (χ0) is 29.9. The topological polar surface area (TPSA) is 110 Å². The van der Waals surface area contributed by atoms with Crippen molar-refractivity contribution >= 4 is 153 Å². The van der Waals surface area contributed by atoms with Crippen LogP contribution in [-0.2, 0) is 33.3 Å². The maximum absolute atomic E-state index is 12.6. The molecule has 0 unspecified atom stereocenters. The first-order chi connectivity index (χ1) is 19.5. The van der Waals surface area contributed by atoms with Crippen LogP contribution in [0.2, 0.25) is 0 Å². The molecule has 0 N–H and O–H groups in total. The molecule has 0 aromatic heterocycles. The third-order valence-electron chi connectivity index (χ3n) is 5.21. The van der Waals surface area contributed by atoms with E-state index in [9.17, 15) is 14.4 Å². The lowest BCUT2D eigenvalue weighted by Crippen LogP contribution is -2.42. The number of benzene rings is 2. The summed E-state index contributed by atoms with van der Waals surface area (Å²) in [6.45, 7) is 1.03. The van der Waals surface area contributed by atoms with Crippen LogP contribution in [0.25, 0.3) is 0 Å². The minimum atomic E-state index is -1.01. The fraction of sp³-hybridized carbons (Fsp3) is 0.400. The van der Waals surface area contributed by atoms with Crippen molar-refractivity contribution in [3.63, 3.8) is 0 Å². The summed E-state index contributed by atoms with van der Waals surface area (Å²) in [7, 11) is 0. The second kappa shape index (κ2) is 18.7. The number of nitrogens with zero attached hydrogens (tertiary/aromatic N) is 1. The Hall–Kier alpha value is 0.750.